The molecule has 8 nitrogen and oxygen atoms in total. The summed E-state index contributed by atoms with van der Waals surface area (Å²) in [6.07, 6.45) is 3.61. The van der Waals surface area contributed by atoms with Crippen LogP contribution in [0.5, 0.6) is 0 Å². The molecule has 14 heteroatoms. The molecule has 2 aliphatic rings. The third-order valence-corrected chi connectivity index (χ3v) is 7.71. The maximum Gasteiger partial charge on any atom is 0.418 e. The number of carbonyl (C=O) groups is 4. The molecule has 38 heavy (non-hydrogen) atoms. The number of halogens is 6. The van der Waals surface area contributed by atoms with Crippen LogP contribution in [0, 0.1) is 0 Å². The second kappa shape index (κ2) is 14.3. The van der Waals surface area contributed by atoms with E-state index in [9.17, 15) is 19.2 Å². The molecule has 4 atom stereocenters. The maximum atomic E-state index is 12.7. The van der Waals surface area contributed by atoms with E-state index >= 15 is 0 Å². The highest BCUT2D eigenvalue weighted by atomic mass is 35.5. The van der Waals surface area contributed by atoms with E-state index in [-0.39, 0.29) is 33.3 Å². The van der Waals surface area contributed by atoms with E-state index in [1.807, 2.05) is 13.8 Å². The molecule has 210 valence electrons. The van der Waals surface area contributed by atoms with Gasteiger partial charge in [0.05, 0.1) is 33.3 Å². The Morgan fingerprint density at radius 1 is 0.684 bits per heavy atom. The molecule has 0 radical (unpaired) electrons. The Morgan fingerprint density at radius 3 is 1.34 bits per heavy atom. The van der Waals surface area contributed by atoms with Crippen LogP contribution in [-0.2, 0) is 38.1 Å². The first kappa shape index (κ1) is 32.8. The summed E-state index contributed by atoms with van der Waals surface area (Å²) in [5.41, 5.74) is 0. The molecule has 4 unspecified atom stereocenters. The summed E-state index contributed by atoms with van der Waals surface area (Å²) in [6.45, 7) is 3.87. The zero-order valence-electron chi connectivity index (χ0n) is 20.2. The van der Waals surface area contributed by atoms with Gasteiger partial charge in [-0.1, -0.05) is 96.3 Å². The molecular formula is C24H24Cl6O8. The number of hydrogen-bond acceptors (Lipinski definition) is 8. The number of carbonyl (C=O) groups excluding carboxylic acids is 4. The molecule has 0 amide bonds. The van der Waals surface area contributed by atoms with Crippen LogP contribution in [0.4, 0.5) is 0 Å². The van der Waals surface area contributed by atoms with Gasteiger partial charge in [0.2, 0.25) is 9.75 Å². The fraction of sp³-hybridized carbons (Fsp3) is 0.500. The topological polar surface area (TPSA) is 105 Å². The number of alkyl halides is 2. The van der Waals surface area contributed by atoms with Crippen molar-refractivity contribution in [1.82, 2.24) is 0 Å². The SMILES string of the molecule is CCCCOC(=O)C1(Cl)C=C(Cl)C(Cl)=CC1OC(=O)C(=O)OC1C=C(Cl)C(Cl)=CC1(Cl)C(=O)OCCCC. The first-order valence-corrected chi connectivity index (χ1v) is 13.7. The Kier molecular flexibility index (Phi) is 12.3. The number of ether oxygens (including phenoxy) is 4. The van der Waals surface area contributed by atoms with Crippen LogP contribution in [0.15, 0.2) is 44.4 Å². The molecule has 2 aliphatic carbocycles. The zero-order chi connectivity index (χ0) is 28.7. The molecular weight excluding hydrogens is 629 g/mol. The van der Waals surface area contributed by atoms with Crippen LogP contribution in [0.1, 0.15) is 39.5 Å². The number of unbranched alkanes of at least 4 members (excludes halogenated alkanes) is 2. The Bertz CT molecular complexity index is 1000. The van der Waals surface area contributed by atoms with E-state index in [1.54, 1.807) is 0 Å². The van der Waals surface area contributed by atoms with Crippen LogP contribution in [-0.4, -0.2) is 59.0 Å². The molecule has 0 aromatic carbocycles. The van der Waals surface area contributed by atoms with Gasteiger partial charge >= 0.3 is 23.9 Å². The Hall–Kier alpha value is -1.42. The molecule has 0 spiro atoms. The summed E-state index contributed by atoms with van der Waals surface area (Å²) in [7, 11) is 0. The van der Waals surface area contributed by atoms with Gasteiger partial charge in [-0.25, -0.2) is 19.2 Å². The minimum Gasteiger partial charge on any atom is -0.464 e. The van der Waals surface area contributed by atoms with Crippen molar-refractivity contribution in [3.8, 4) is 0 Å². The van der Waals surface area contributed by atoms with E-state index in [0.29, 0.717) is 12.8 Å². The summed E-state index contributed by atoms with van der Waals surface area (Å²) in [5.74, 6) is -5.13. The quantitative estimate of drug-likeness (QED) is 0.0935. The standard InChI is InChI=1S/C24H24Cl6O8/c1-3-5-7-35-21(33)23(29)11-15(27)13(25)9-17(23)37-19(31)20(32)38-18-10-14(26)16(28)12-24(18,30)22(34)36-8-6-4-2/h9-12,17-18H,3-8H2,1-2H3. The molecule has 0 N–H and O–H groups in total. The van der Waals surface area contributed by atoms with Crippen molar-refractivity contribution >= 4 is 93.5 Å². The van der Waals surface area contributed by atoms with E-state index in [4.69, 9.17) is 88.6 Å². The predicted molar refractivity (Wildman–Crippen MR) is 144 cm³/mol. The van der Waals surface area contributed by atoms with Crippen molar-refractivity contribution in [2.45, 2.75) is 61.5 Å². The van der Waals surface area contributed by atoms with Gasteiger partial charge in [0, 0.05) is 0 Å². The first-order chi connectivity index (χ1) is 17.8. The minimum atomic E-state index is -2.12. The van der Waals surface area contributed by atoms with Crippen molar-refractivity contribution in [2.24, 2.45) is 0 Å². The summed E-state index contributed by atoms with van der Waals surface area (Å²) in [6, 6.07) is 0. The number of allylic oxidation sites excluding steroid dienone is 4. The fourth-order valence-electron chi connectivity index (χ4n) is 3.09. The van der Waals surface area contributed by atoms with Gasteiger partial charge in [-0.3, -0.25) is 0 Å². The van der Waals surface area contributed by atoms with E-state index in [1.165, 1.54) is 0 Å². The third kappa shape index (κ3) is 7.83. The molecule has 0 saturated carbocycles. The average Bonchev–Trinajstić information content (AvgIpc) is 2.85. The average molecular weight is 653 g/mol. The lowest BCUT2D eigenvalue weighted by atomic mass is 9.96. The van der Waals surface area contributed by atoms with Crippen LogP contribution in [0.25, 0.3) is 0 Å². The van der Waals surface area contributed by atoms with Crippen molar-refractivity contribution < 1.29 is 38.1 Å². The molecule has 0 heterocycles. The summed E-state index contributed by atoms with van der Waals surface area (Å²) >= 11 is 37.0. The smallest absolute Gasteiger partial charge is 0.418 e. The normalized spacial score (nSPS) is 26.7. The van der Waals surface area contributed by atoms with Crippen LogP contribution >= 0.6 is 69.6 Å². The highest BCUT2D eigenvalue weighted by molar-refractivity contribution is 6.47. The molecule has 0 aliphatic heterocycles. The highest BCUT2D eigenvalue weighted by Crippen LogP contribution is 2.40. The van der Waals surface area contributed by atoms with Gasteiger partial charge < -0.3 is 18.9 Å². The van der Waals surface area contributed by atoms with Crippen LogP contribution in [0.3, 0.4) is 0 Å². The largest absolute Gasteiger partial charge is 0.464 e. The first-order valence-electron chi connectivity index (χ1n) is 11.5. The maximum absolute atomic E-state index is 12.7. The summed E-state index contributed by atoms with van der Waals surface area (Å²) in [5, 5.41) is -0.370. The number of esters is 4. The molecule has 0 saturated heterocycles. The highest BCUT2D eigenvalue weighted by Gasteiger charge is 2.51. The van der Waals surface area contributed by atoms with Gasteiger partial charge in [-0.15, -0.1) is 0 Å². The van der Waals surface area contributed by atoms with Crippen molar-refractivity contribution in [1.29, 1.82) is 0 Å². The molecule has 0 fully saturated rings. The lowest BCUT2D eigenvalue weighted by Gasteiger charge is -2.33. The van der Waals surface area contributed by atoms with Crippen LogP contribution in [0.2, 0.25) is 0 Å². The van der Waals surface area contributed by atoms with Crippen molar-refractivity contribution in [3.63, 3.8) is 0 Å². The van der Waals surface area contributed by atoms with E-state index in [2.05, 4.69) is 0 Å². The van der Waals surface area contributed by atoms with Gasteiger partial charge in [-0.2, -0.15) is 0 Å². The molecule has 0 aromatic heterocycles. The zero-order valence-corrected chi connectivity index (χ0v) is 24.8. The number of rotatable bonds is 10. The Balaban J connectivity index is 2.23. The second-order valence-corrected chi connectivity index (χ2v) is 11.1. The second-order valence-electron chi connectivity index (χ2n) is 8.18. The molecule has 2 rings (SSSR count). The third-order valence-electron chi connectivity index (χ3n) is 5.28. The monoisotopic (exact) mass is 650 g/mol. The van der Waals surface area contributed by atoms with E-state index < -0.39 is 45.8 Å². The van der Waals surface area contributed by atoms with Gasteiger partial charge in [-0.05, 0) is 37.1 Å². The summed E-state index contributed by atoms with van der Waals surface area (Å²) in [4.78, 5) is 46.6. The predicted octanol–water partition coefficient (Wildman–Crippen LogP) is 5.97. The lowest BCUT2D eigenvalue weighted by molar-refractivity contribution is -0.175. The lowest BCUT2D eigenvalue weighted by Crippen LogP contribution is -2.50. The molecule has 0 bridgehead atoms. The number of hydrogen-bond donors (Lipinski definition) is 0. The molecule has 0 aromatic rings. The van der Waals surface area contributed by atoms with Gasteiger partial charge in [0.1, 0.15) is 0 Å². The minimum absolute atomic E-state index is 0.0480. The van der Waals surface area contributed by atoms with E-state index in [0.717, 1.165) is 37.1 Å². The summed E-state index contributed by atoms with van der Waals surface area (Å²) < 4.78 is 20.6. The Morgan fingerprint density at radius 2 is 1.03 bits per heavy atom. The van der Waals surface area contributed by atoms with Gasteiger partial charge in [0.15, 0.2) is 12.2 Å². The van der Waals surface area contributed by atoms with Gasteiger partial charge in [0.25, 0.3) is 0 Å². The Labute approximate surface area is 249 Å². The van der Waals surface area contributed by atoms with Crippen molar-refractivity contribution in [3.05, 3.63) is 44.4 Å². The van der Waals surface area contributed by atoms with Crippen LogP contribution < -0.4 is 0 Å². The fourth-order valence-corrected chi connectivity index (χ4v) is 4.56. The van der Waals surface area contributed by atoms with Crippen molar-refractivity contribution in [2.75, 3.05) is 13.2 Å².